The standard InChI is InChI=1S/C13H9BrClFN2O/c14-7-4-5-9(16)11(6-7)18-13(19)12-8(15)2-1-3-10(12)17/h1-6H,17H2,(H,18,19). The lowest BCUT2D eigenvalue weighted by molar-refractivity contribution is 0.102. The topological polar surface area (TPSA) is 55.1 Å². The average molecular weight is 344 g/mol. The van der Waals surface area contributed by atoms with Crippen LogP contribution in [0.2, 0.25) is 5.02 Å². The highest BCUT2D eigenvalue weighted by Crippen LogP contribution is 2.25. The molecule has 2 aromatic carbocycles. The number of hydrogen-bond acceptors (Lipinski definition) is 2. The predicted octanol–water partition coefficient (Wildman–Crippen LogP) is 4.08. The van der Waals surface area contributed by atoms with Gasteiger partial charge in [0.05, 0.1) is 16.3 Å². The SMILES string of the molecule is Nc1cccc(Cl)c1C(=O)Nc1cc(Br)ccc1F. The van der Waals surface area contributed by atoms with Crippen LogP contribution in [0.5, 0.6) is 0 Å². The van der Waals surface area contributed by atoms with Crippen LogP contribution in [0.3, 0.4) is 0 Å². The highest BCUT2D eigenvalue weighted by atomic mass is 79.9. The van der Waals surface area contributed by atoms with Gasteiger partial charge in [-0.15, -0.1) is 0 Å². The van der Waals surface area contributed by atoms with Crippen LogP contribution in [-0.2, 0) is 0 Å². The third kappa shape index (κ3) is 3.05. The Morgan fingerprint density at radius 2 is 2.05 bits per heavy atom. The van der Waals surface area contributed by atoms with Gasteiger partial charge >= 0.3 is 0 Å². The highest BCUT2D eigenvalue weighted by Gasteiger charge is 2.15. The molecule has 0 aromatic heterocycles. The Morgan fingerprint density at radius 1 is 1.32 bits per heavy atom. The quantitative estimate of drug-likeness (QED) is 0.807. The second-order valence-corrected chi connectivity index (χ2v) is 5.11. The summed E-state index contributed by atoms with van der Waals surface area (Å²) < 4.78 is 14.2. The van der Waals surface area contributed by atoms with E-state index in [0.717, 1.165) is 0 Å². The van der Waals surface area contributed by atoms with E-state index in [1.54, 1.807) is 18.2 Å². The van der Waals surface area contributed by atoms with Gasteiger partial charge in [-0.25, -0.2) is 4.39 Å². The van der Waals surface area contributed by atoms with Gasteiger partial charge in [0.15, 0.2) is 0 Å². The lowest BCUT2D eigenvalue weighted by atomic mass is 10.1. The number of carbonyl (C=O) groups is 1. The molecule has 0 saturated heterocycles. The molecule has 19 heavy (non-hydrogen) atoms. The number of amides is 1. The summed E-state index contributed by atoms with van der Waals surface area (Å²) in [4.78, 5) is 12.1. The zero-order valence-electron chi connectivity index (χ0n) is 9.58. The summed E-state index contributed by atoms with van der Waals surface area (Å²) in [5.74, 6) is -1.10. The molecule has 0 aliphatic rings. The van der Waals surface area contributed by atoms with Crippen molar-refractivity contribution in [3.63, 3.8) is 0 Å². The second-order valence-electron chi connectivity index (χ2n) is 3.78. The van der Waals surface area contributed by atoms with E-state index in [2.05, 4.69) is 21.2 Å². The second kappa shape index (κ2) is 5.59. The molecule has 0 heterocycles. The smallest absolute Gasteiger partial charge is 0.259 e. The Kier molecular flexibility index (Phi) is 4.07. The van der Waals surface area contributed by atoms with Crippen molar-refractivity contribution < 1.29 is 9.18 Å². The molecule has 0 unspecified atom stereocenters. The Bertz CT molecular complexity index is 628. The zero-order valence-corrected chi connectivity index (χ0v) is 11.9. The molecule has 3 N–H and O–H groups in total. The van der Waals surface area contributed by atoms with Gasteiger partial charge in [0.1, 0.15) is 5.82 Å². The lowest BCUT2D eigenvalue weighted by Crippen LogP contribution is -2.15. The number of anilines is 2. The van der Waals surface area contributed by atoms with Crippen molar-refractivity contribution in [2.75, 3.05) is 11.1 Å². The van der Waals surface area contributed by atoms with E-state index in [4.69, 9.17) is 17.3 Å². The molecule has 0 aliphatic heterocycles. The highest BCUT2D eigenvalue weighted by molar-refractivity contribution is 9.10. The normalized spacial score (nSPS) is 10.3. The van der Waals surface area contributed by atoms with Crippen LogP contribution in [0, 0.1) is 5.82 Å². The van der Waals surface area contributed by atoms with Gasteiger partial charge < -0.3 is 11.1 Å². The summed E-state index contributed by atoms with van der Waals surface area (Å²) in [5, 5.41) is 2.66. The summed E-state index contributed by atoms with van der Waals surface area (Å²) in [7, 11) is 0. The number of hydrogen-bond donors (Lipinski definition) is 2. The molecule has 0 saturated carbocycles. The van der Waals surface area contributed by atoms with Crippen LogP contribution in [0.4, 0.5) is 15.8 Å². The van der Waals surface area contributed by atoms with Gasteiger partial charge in [0.2, 0.25) is 0 Å². The molecule has 1 amide bonds. The summed E-state index contributed by atoms with van der Waals surface area (Å²) in [6.45, 7) is 0. The maximum atomic E-state index is 13.5. The molecule has 0 fully saturated rings. The van der Waals surface area contributed by atoms with Crippen LogP contribution in [0.1, 0.15) is 10.4 Å². The molecule has 0 atom stereocenters. The van der Waals surface area contributed by atoms with Crippen molar-refractivity contribution in [3.8, 4) is 0 Å². The largest absolute Gasteiger partial charge is 0.398 e. The fourth-order valence-electron chi connectivity index (χ4n) is 1.56. The minimum absolute atomic E-state index is 0.0543. The molecule has 98 valence electrons. The zero-order chi connectivity index (χ0) is 14.0. The molecule has 2 aromatic rings. The maximum Gasteiger partial charge on any atom is 0.259 e. The molecule has 0 aliphatic carbocycles. The first-order valence-electron chi connectivity index (χ1n) is 5.29. The number of nitrogens with one attached hydrogen (secondary N) is 1. The van der Waals surface area contributed by atoms with Gasteiger partial charge in [-0.2, -0.15) is 0 Å². The van der Waals surface area contributed by atoms with E-state index in [9.17, 15) is 9.18 Å². The number of carbonyl (C=O) groups excluding carboxylic acids is 1. The number of benzene rings is 2. The van der Waals surface area contributed by atoms with Crippen LogP contribution >= 0.6 is 27.5 Å². The van der Waals surface area contributed by atoms with Crippen LogP contribution < -0.4 is 11.1 Å². The summed E-state index contributed by atoms with van der Waals surface area (Å²) in [6, 6.07) is 8.97. The first-order chi connectivity index (χ1) is 8.99. The molecule has 0 spiro atoms. The average Bonchev–Trinajstić information content (AvgIpc) is 2.33. The van der Waals surface area contributed by atoms with Crippen molar-refractivity contribution in [3.05, 3.63) is 57.3 Å². The monoisotopic (exact) mass is 342 g/mol. The number of nitrogens with two attached hydrogens (primary N) is 1. The van der Waals surface area contributed by atoms with Gasteiger partial charge in [-0.3, -0.25) is 4.79 Å². The molecule has 0 radical (unpaired) electrons. The predicted molar refractivity (Wildman–Crippen MR) is 77.9 cm³/mol. The number of halogens is 3. The Hall–Kier alpha value is -1.59. The minimum atomic E-state index is -0.555. The summed E-state index contributed by atoms with van der Waals surface area (Å²) in [5.41, 5.74) is 6.11. The number of rotatable bonds is 2. The summed E-state index contributed by atoms with van der Waals surface area (Å²) >= 11 is 9.12. The van der Waals surface area contributed by atoms with E-state index in [1.807, 2.05) is 0 Å². The van der Waals surface area contributed by atoms with E-state index in [-0.39, 0.29) is 22.0 Å². The van der Waals surface area contributed by atoms with Gasteiger partial charge in [-0.05, 0) is 30.3 Å². The molecule has 3 nitrogen and oxygen atoms in total. The Morgan fingerprint density at radius 3 is 2.74 bits per heavy atom. The van der Waals surface area contributed by atoms with Crippen molar-refractivity contribution in [2.45, 2.75) is 0 Å². The minimum Gasteiger partial charge on any atom is -0.398 e. The molecular weight excluding hydrogens is 335 g/mol. The van der Waals surface area contributed by atoms with Crippen LogP contribution in [-0.4, -0.2) is 5.91 Å². The lowest BCUT2D eigenvalue weighted by Gasteiger charge is -2.10. The van der Waals surface area contributed by atoms with Crippen molar-refractivity contribution >= 4 is 44.8 Å². The van der Waals surface area contributed by atoms with Crippen molar-refractivity contribution in [1.29, 1.82) is 0 Å². The molecular formula is C13H9BrClFN2O. The fourth-order valence-corrected chi connectivity index (χ4v) is 2.19. The fraction of sp³-hybridized carbons (Fsp3) is 0. The van der Waals surface area contributed by atoms with Gasteiger partial charge in [0, 0.05) is 10.2 Å². The Balaban J connectivity index is 2.34. The summed E-state index contributed by atoms with van der Waals surface area (Å²) in [6.07, 6.45) is 0. The first-order valence-corrected chi connectivity index (χ1v) is 6.46. The van der Waals surface area contributed by atoms with E-state index in [1.165, 1.54) is 18.2 Å². The molecule has 0 bridgehead atoms. The molecule has 6 heteroatoms. The Labute approximate surface area is 122 Å². The van der Waals surface area contributed by atoms with Crippen LogP contribution in [0.25, 0.3) is 0 Å². The van der Waals surface area contributed by atoms with E-state index < -0.39 is 11.7 Å². The number of nitrogen functional groups attached to an aromatic ring is 1. The first kappa shape index (κ1) is 13.8. The van der Waals surface area contributed by atoms with Crippen LogP contribution in [0.15, 0.2) is 40.9 Å². The third-order valence-electron chi connectivity index (χ3n) is 2.45. The van der Waals surface area contributed by atoms with Crippen molar-refractivity contribution in [2.24, 2.45) is 0 Å². The van der Waals surface area contributed by atoms with E-state index >= 15 is 0 Å². The molecule has 2 rings (SSSR count). The van der Waals surface area contributed by atoms with Gasteiger partial charge in [-0.1, -0.05) is 33.6 Å². The van der Waals surface area contributed by atoms with Crippen molar-refractivity contribution in [1.82, 2.24) is 0 Å². The maximum absolute atomic E-state index is 13.5. The van der Waals surface area contributed by atoms with Gasteiger partial charge in [0.25, 0.3) is 5.91 Å². The third-order valence-corrected chi connectivity index (χ3v) is 3.26. The van der Waals surface area contributed by atoms with E-state index in [0.29, 0.717) is 4.47 Å².